The lowest BCUT2D eigenvalue weighted by atomic mass is 10.1. The minimum absolute atomic E-state index is 0.331. The average molecular weight is 324 g/mol. The molecule has 0 aliphatic heterocycles. The summed E-state index contributed by atoms with van der Waals surface area (Å²) in [6, 6.07) is 8.60. The van der Waals surface area contributed by atoms with Crippen molar-refractivity contribution in [3.8, 4) is 0 Å². The van der Waals surface area contributed by atoms with Crippen LogP contribution in [0.2, 0.25) is 0 Å². The Kier molecular flexibility index (Phi) is 4.74. The van der Waals surface area contributed by atoms with E-state index in [2.05, 4.69) is 56.3 Å². The number of rotatable bonds is 4. The van der Waals surface area contributed by atoms with E-state index >= 15 is 0 Å². The minimum Gasteiger partial charge on any atom is -0.313 e. The second-order valence-electron chi connectivity index (χ2n) is 3.84. The highest BCUT2D eigenvalue weighted by atomic mass is 79.9. The fourth-order valence-electron chi connectivity index (χ4n) is 1.54. The highest BCUT2D eigenvalue weighted by Gasteiger charge is 2.08. The van der Waals surface area contributed by atoms with Gasteiger partial charge in [0.15, 0.2) is 0 Å². The zero-order valence-corrected chi connectivity index (χ0v) is 12.6. The molecule has 1 atom stereocenters. The van der Waals surface area contributed by atoms with Crippen molar-refractivity contribution in [1.29, 1.82) is 0 Å². The number of benzene rings is 1. The molecule has 0 aliphatic carbocycles. The molecule has 94 valence electrons. The number of aromatic nitrogens is 2. The maximum Gasteiger partial charge on any atom is 0.116 e. The van der Waals surface area contributed by atoms with Crippen LogP contribution >= 0.6 is 27.7 Å². The van der Waals surface area contributed by atoms with Crippen molar-refractivity contribution < 1.29 is 0 Å². The van der Waals surface area contributed by atoms with Crippen molar-refractivity contribution in [3.05, 3.63) is 46.8 Å². The van der Waals surface area contributed by atoms with Crippen molar-refractivity contribution in [2.24, 2.45) is 0 Å². The standard InChI is InChI=1S/C13H14BrN3S/c1-9(15-2)11-4-3-10(7-12(11)14)18-13-5-6-16-8-17-13/h3-9,15H,1-2H3. The van der Waals surface area contributed by atoms with E-state index in [4.69, 9.17) is 0 Å². The van der Waals surface area contributed by atoms with Gasteiger partial charge in [-0.25, -0.2) is 9.97 Å². The molecule has 3 nitrogen and oxygen atoms in total. The Morgan fingerprint density at radius 3 is 2.78 bits per heavy atom. The van der Waals surface area contributed by atoms with Gasteiger partial charge in [0, 0.05) is 21.6 Å². The molecule has 0 radical (unpaired) electrons. The zero-order chi connectivity index (χ0) is 13.0. The van der Waals surface area contributed by atoms with Crippen LogP contribution in [0.4, 0.5) is 0 Å². The molecule has 0 bridgehead atoms. The van der Waals surface area contributed by atoms with Crippen LogP contribution < -0.4 is 5.32 Å². The van der Waals surface area contributed by atoms with Crippen LogP contribution in [-0.2, 0) is 0 Å². The summed E-state index contributed by atoms with van der Waals surface area (Å²) in [5, 5.41) is 4.18. The summed E-state index contributed by atoms with van der Waals surface area (Å²) in [6.45, 7) is 2.14. The van der Waals surface area contributed by atoms with Gasteiger partial charge >= 0.3 is 0 Å². The largest absolute Gasteiger partial charge is 0.313 e. The molecule has 1 N–H and O–H groups in total. The zero-order valence-electron chi connectivity index (χ0n) is 10.2. The molecule has 1 aromatic carbocycles. The van der Waals surface area contributed by atoms with Crippen LogP contribution in [0.5, 0.6) is 0 Å². The predicted molar refractivity (Wildman–Crippen MR) is 77.8 cm³/mol. The van der Waals surface area contributed by atoms with Crippen LogP contribution in [0, 0.1) is 0 Å². The molecule has 1 heterocycles. The average Bonchev–Trinajstić information content (AvgIpc) is 2.39. The van der Waals surface area contributed by atoms with Crippen molar-refractivity contribution in [2.75, 3.05) is 7.05 Å². The van der Waals surface area contributed by atoms with Gasteiger partial charge in [-0.05, 0) is 37.7 Å². The molecule has 2 aromatic rings. The van der Waals surface area contributed by atoms with Crippen molar-refractivity contribution >= 4 is 27.7 Å². The second kappa shape index (κ2) is 6.31. The van der Waals surface area contributed by atoms with E-state index in [1.807, 2.05) is 13.1 Å². The molecule has 0 saturated heterocycles. The van der Waals surface area contributed by atoms with E-state index in [0.717, 1.165) is 14.4 Å². The first-order valence-electron chi connectivity index (χ1n) is 5.61. The van der Waals surface area contributed by atoms with Gasteiger partial charge in [0.25, 0.3) is 0 Å². The third-order valence-electron chi connectivity index (χ3n) is 2.65. The van der Waals surface area contributed by atoms with Crippen LogP contribution in [0.15, 0.2) is 51.2 Å². The van der Waals surface area contributed by atoms with Crippen molar-refractivity contribution in [2.45, 2.75) is 22.9 Å². The Morgan fingerprint density at radius 2 is 2.17 bits per heavy atom. The number of hydrogen-bond acceptors (Lipinski definition) is 4. The fraction of sp³-hybridized carbons (Fsp3) is 0.231. The number of halogens is 1. The number of nitrogens with zero attached hydrogens (tertiary/aromatic N) is 2. The van der Waals surface area contributed by atoms with E-state index in [9.17, 15) is 0 Å². The molecule has 0 saturated carbocycles. The lowest BCUT2D eigenvalue weighted by molar-refractivity contribution is 0.649. The van der Waals surface area contributed by atoms with Gasteiger partial charge in [0.2, 0.25) is 0 Å². The monoisotopic (exact) mass is 323 g/mol. The van der Waals surface area contributed by atoms with E-state index in [0.29, 0.717) is 6.04 Å². The third-order valence-corrected chi connectivity index (χ3v) is 4.28. The highest BCUT2D eigenvalue weighted by molar-refractivity contribution is 9.10. The molecule has 0 spiro atoms. The topological polar surface area (TPSA) is 37.8 Å². The summed E-state index contributed by atoms with van der Waals surface area (Å²) in [7, 11) is 1.96. The first-order valence-corrected chi connectivity index (χ1v) is 7.22. The fourth-order valence-corrected chi connectivity index (χ4v) is 3.19. The lowest BCUT2D eigenvalue weighted by Crippen LogP contribution is -2.12. The maximum atomic E-state index is 4.20. The summed E-state index contributed by atoms with van der Waals surface area (Å²) < 4.78 is 1.11. The van der Waals surface area contributed by atoms with Crippen LogP contribution in [0.25, 0.3) is 0 Å². The smallest absolute Gasteiger partial charge is 0.116 e. The minimum atomic E-state index is 0.331. The summed E-state index contributed by atoms with van der Waals surface area (Å²) in [4.78, 5) is 9.27. The van der Waals surface area contributed by atoms with Crippen LogP contribution in [0.1, 0.15) is 18.5 Å². The molecule has 2 rings (SSSR count). The Hall–Kier alpha value is -0.910. The maximum absolute atomic E-state index is 4.20. The van der Waals surface area contributed by atoms with Crippen LogP contribution in [0.3, 0.4) is 0 Å². The molecule has 18 heavy (non-hydrogen) atoms. The summed E-state index contributed by atoms with van der Waals surface area (Å²) in [5.74, 6) is 0. The predicted octanol–water partition coefficient (Wildman–Crippen LogP) is 3.67. The lowest BCUT2D eigenvalue weighted by Gasteiger charge is -2.13. The second-order valence-corrected chi connectivity index (χ2v) is 5.79. The molecule has 1 aromatic heterocycles. The molecule has 1 unspecified atom stereocenters. The molecule has 5 heteroatoms. The normalized spacial score (nSPS) is 12.4. The van der Waals surface area contributed by atoms with Gasteiger partial charge in [-0.1, -0.05) is 33.8 Å². The van der Waals surface area contributed by atoms with Gasteiger partial charge in [0.1, 0.15) is 11.4 Å². The van der Waals surface area contributed by atoms with Gasteiger partial charge in [-0.3, -0.25) is 0 Å². The first-order chi connectivity index (χ1) is 8.70. The van der Waals surface area contributed by atoms with Crippen molar-refractivity contribution in [1.82, 2.24) is 15.3 Å². The highest BCUT2D eigenvalue weighted by Crippen LogP contribution is 2.31. The van der Waals surface area contributed by atoms with Gasteiger partial charge in [0.05, 0.1) is 0 Å². The molecular weight excluding hydrogens is 310 g/mol. The van der Waals surface area contributed by atoms with Gasteiger partial charge in [-0.15, -0.1) is 0 Å². The van der Waals surface area contributed by atoms with Gasteiger partial charge in [-0.2, -0.15) is 0 Å². The number of nitrogens with one attached hydrogen (secondary N) is 1. The summed E-state index contributed by atoms with van der Waals surface area (Å²) in [5.41, 5.74) is 1.25. The molecule has 0 amide bonds. The van der Waals surface area contributed by atoms with E-state index < -0.39 is 0 Å². The van der Waals surface area contributed by atoms with E-state index in [1.54, 1.807) is 24.3 Å². The Bertz CT molecular complexity index is 519. The van der Waals surface area contributed by atoms with E-state index in [-0.39, 0.29) is 0 Å². The van der Waals surface area contributed by atoms with Crippen LogP contribution in [-0.4, -0.2) is 17.0 Å². The molecular formula is C13H14BrN3S. The Morgan fingerprint density at radius 1 is 1.33 bits per heavy atom. The Balaban J connectivity index is 2.19. The van der Waals surface area contributed by atoms with Crippen molar-refractivity contribution in [3.63, 3.8) is 0 Å². The van der Waals surface area contributed by atoms with E-state index in [1.165, 1.54) is 5.56 Å². The summed E-state index contributed by atoms with van der Waals surface area (Å²) >= 11 is 5.24. The molecule has 0 fully saturated rings. The quantitative estimate of drug-likeness (QED) is 0.871. The first kappa shape index (κ1) is 13.5. The third kappa shape index (κ3) is 3.31. The SMILES string of the molecule is CNC(C)c1ccc(Sc2ccncn2)cc1Br. The molecule has 0 aliphatic rings. The number of hydrogen-bond donors (Lipinski definition) is 1. The summed E-state index contributed by atoms with van der Waals surface area (Å²) in [6.07, 6.45) is 3.32. The van der Waals surface area contributed by atoms with Gasteiger partial charge < -0.3 is 5.32 Å². The Labute approximate surface area is 120 Å².